The Balaban J connectivity index is 2.12. The molecule has 0 saturated heterocycles. The fraction of sp³-hybridized carbons (Fsp3) is 0.350. The van der Waals surface area contributed by atoms with Crippen LogP contribution in [0.4, 0.5) is 0 Å². The molecule has 0 aliphatic heterocycles. The van der Waals surface area contributed by atoms with E-state index < -0.39 is 10.0 Å². The van der Waals surface area contributed by atoms with E-state index in [1.807, 2.05) is 6.07 Å². The van der Waals surface area contributed by atoms with Crippen LogP contribution in [-0.4, -0.2) is 34.6 Å². The molecule has 0 aromatic heterocycles. The lowest BCUT2D eigenvalue weighted by Crippen LogP contribution is -2.32. The molecule has 0 spiro atoms. The summed E-state index contributed by atoms with van der Waals surface area (Å²) in [4.78, 5) is 12.5. The van der Waals surface area contributed by atoms with Crippen molar-refractivity contribution in [2.45, 2.75) is 32.2 Å². The minimum Gasteiger partial charge on any atom is -0.493 e. The summed E-state index contributed by atoms with van der Waals surface area (Å²) < 4.78 is 37.4. The molecule has 0 saturated carbocycles. The molecule has 2 rings (SSSR count). The molecule has 0 unspecified atom stereocenters. The second-order valence-electron chi connectivity index (χ2n) is 6.55. The molecule has 8 heteroatoms. The number of methoxy groups -OCH3 is 2. The number of carbonyl (C=O) groups excluding carboxylic acids is 1. The molecule has 0 fully saturated rings. The van der Waals surface area contributed by atoms with Gasteiger partial charge in [0.2, 0.25) is 10.0 Å². The molecule has 2 N–H and O–H groups in total. The van der Waals surface area contributed by atoms with Crippen LogP contribution in [-0.2, 0) is 22.3 Å². The van der Waals surface area contributed by atoms with Crippen molar-refractivity contribution in [1.82, 2.24) is 10.0 Å². The number of amides is 1. The van der Waals surface area contributed by atoms with Gasteiger partial charge in [0.25, 0.3) is 5.91 Å². The molecule has 0 heterocycles. The van der Waals surface area contributed by atoms with E-state index in [9.17, 15) is 13.2 Å². The number of benzene rings is 2. The molecule has 0 bridgehead atoms. The summed E-state index contributed by atoms with van der Waals surface area (Å²) in [5.41, 5.74) is 1.80. The second-order valence-corrected chi connectivity index (χ2v) is 8.31. The molecule has 0 aliphatic carbocycles. The molecule has 2 aromatic rings. The third-order valence-corrected chi connectivity index (χ3v) is 5.49. The van der Waals surface area contributed by atoms with E-state index in [1.165, 1.54) is 14.2 Å². The van der Waals surface area contributed by atoms with Gasteiger partial charge in [-0.1, -0.05) is 24.3 Å². The molecule has 2 aromatic carbocycles. The lowest BCUT2D eigenvalue weighted by molar-refractivity contribution is 0.0950. The Morgan fingerprint density at radius 1 is 1.00 bits per heavy atom. The van der Waals surface area contributed by atoms with Crippen molar-refractivity contribution in [3.05, 3.63) is 59.2 Å². The Morgan fingerprint density at radius 3 is 2.25 bits per heavy atom. The van der Waals surface area contributed by atoms with Gasteiger partial charge < -0.3 is 14.8 Å². The van der Waals surface area contributed by atoms with Crippen molar-refractivity contribution in [2.75, 3.05) is 14.2 Å². The van der Waals surface area contributed by atoms with Crippen molar-refractivity contribution in [3.63, 3.8) is 0 Å². The van der Waals surface area contributed by atoms with Crippen LogP contribution in [0.2, 0.25) is 0 Å². The van der Waals surface area contributed by atoms with Gasteiger partial charge >= 0.3 is 0 Å². The second kappa shape index (κ2) is 9.57. The maximum atomic E-state index is 12.5. The molecular formula is C20H26N2O5S. The highest BCUT2D eigenvalue weighted by molar-refractivity contribution is 7.88. The lowest BCUT2D eigenvalue weighted by atomic mass is 10.1. The van der Waals surface area contributed by atoms with Crippen LogP contribution in [0.1, 0.15) is 35.3 Å². The largest absolute Gasteiger partial charge is 0.493 e. The summed E-state index contributed by atoms with van der Waals surface area (Å²) in [7, 11) is -0.431. The van der Waals surface area contributed by atoms with Crippen LogP contribution in [0, 0.1) is 0 Å². The van der Waals surface area contributed by atoms with E-state index in [0.717, 1.165) is 5.56 Å². The zero-order valence-corrected chi connectivity index (χ0v) is 17.3. The minimum atomic E-state index is -3.46. The predicted octanol–water partition coefficient (Wildman–Crippen LogP) is 2.46. The number of nitrogens with one attached hydrogen (secondary N) is 2. The van der Waals surface area contributed by atoms with E-state index in [4.69, 9.17) is 9.47 Å². The Hall–Kier alpha value is -2.58. The summed E-state index contributed by atoms with van der Waals surface area (Å²) in [6.07, 6.45) is 0. The standard InChI is InChI=1S/C20H26N2O5S/c1-14(2)22-28(24,25)13-17-8-6-5-7-16(17)12-21-20(23)15-9-10-18(26-3)19(11-15)27-4/h5-11,14,22H,12-13H2,1-4H3,(H,21,23). The van der Waals surface area contributed by atoms with E-state index in [-0.39, 0.29) is 24.2 Å². The summed E-state index contributed by atoms with van der Waals surface area (Å²) >= 11 is 0. The van der Waals surface area contributed by atoms with E-state index in [2.05, 4.69) is 10.0 Å². The van der Waals surface area contributed by atoms with Gasteiger partial charge in [0.1, 0.15) is 0 Å². The third kappa shape index (κ3) is 5.97. The highest BCUT2D eigenvalue weighted by Crippen LogP contribution is 2.27. The summed E-state index contributed by atoms with van der Waals surface area (Å²) in [6.45, 7) is 3.75. The zero-order chi connectivity index (χ0) is 20.7. The summed E-state index contributed by atoms with van der Waals surface area (Å²) in [5.74, 6) is 0.556. The molecule has 152 valence electrons. The molecule has 7 nitrogen and oxygen atoms in total. The summed E-state index contributed by atoms with van der Waals surface area (Å²) in [5, 5.41) is 2.82. The fourth-order valence-corrected chi connectivity index (χ4v) is 4.22. The molecule has 1 amide bonds. The average molecular weight is 407 g/mol. The number of rotatable bonds is 9. The van der Waals surface area contributed by atoms with Crippen LogP contribution in [0.15, 0.2) is 42.5 Å². The SMILES string of the molecule is COc1ccc(C(=O)NCc2ccccc2CS(=O)(=O)NC(C)C)cc1OC. The van der Waals surface area contributed by atoms with Crippen molar-refractivity contribution in [3.8, 4) is 11.5 Å². The van der Waals surface area contributed by atoms with Gasteiger partial charge in [-0.05, 0) is 43.2 Å². The quantitative estimate of drug-likeness (QED) is 0.667. The van der Waals surface area contributed by atoms with Gasteiger partial charge in [-0.3, -0.25) is 4.79 Å². The molecule has 0 radical (unpaired) electrons. The monoisotopic (exact) mass is 406 g/mol. The van der Waals surface area contributed by atoms with Crippen LogP contribution in [0.25, 0.3) is 0 Å². The normalized spacial score (nSPS) is 11.3. The van der Waals surface area contributed by atoms with Crippen LogP contribution in [0.5, 0.6) is 11.5 Å². The fourth-order valence-electron chi connectivity index (χ4n) is 2.73. The average Bonchev–Trinajstić information content (AvgIpc) is 2.65. The zero-order valence-electron chi connectivity index (χ0n) is 16.5. The van der Waals surface area contributed by atoms with Gasteiger partial charge in [0, 0.05) is 18.2 Å². The van der Waals surface area contributed by atoms with Crippen LogP contribution < -0.4 is 19.5 Å². The molecule has 28 heavy (non-hydrogen) atoms. The molecule has 0 atom stereocenters. The van der Waals surface area contributed by atoms with Gasteiger partial charge in [0.15, 0.2) is 11.5 Å². The molecular weight excluding hydrogens is 380 g/mol. The third-order valence-electron chi connectivity index (χ3n) is 3.96. The minimum absolute atomic E-state index is 0.145. The van der Waals surface area contributed by atoms with Crippen molar-refractivity contribution < 1.29 is 22.7 Å². The number of ether oxygens (including phenoxy) is 2. The van der Waals surface area contributed by atoms with E-state index in [1.54, 1.807) is 50.2 Å². The number of hydrogen-bond donors (Lipinski definition) is 2. The smallest absolute Gasteiger partial charge is 0.251 e. The Bertz CT molecular complexity index is 926. The number of hydrogen-bond acceptors (Lipinski definition) is 5. The van der Waals surface area contributed by atoms with Crippen molar-refractivity contribution >= 4 is 15.9 Å². The van der Waals surface area contributed by atoms with Gasteiger partial charge in [0.05, 0.1) is 20.0 Å². The topological polar surface area (TPSA) is 93.7 Å². The first-order valence-electron chi connectivity index (χ1n) is 8.82. The van der Waals surface area contributed by atoms with E-state index in [0.29, 0.717) is 22.6 Å². The first kappa shape index (κ1) is 21.7. The first-order chi connectivity index (χ1) is 13.3. The maximum absolute atomic E-state index is 12.5. The highest BCUT2D eigenvalue weighted by Gasteiger charge is 2.16. The predicted molar refractivity (Wildman–Crippen MR) is 108 cm³/mol. The Labute approximate surface area is 166 Å². The highest BCUT2D eigenvalue weighted by atomic mass is 32.2. The first-order valence-corrected chi connectivity index (χ1v) is 10.5. The van der Waals surface area contributed by atoms with Crippen molar-refractivity contribution in [1.29, 1.82) is 0 Å². The van der Waals surface area contributed by atoms with Gasteiger partial charge in [-0.15, -0.1) is 0 Å². The van der Waals surface area contributed by atoms with Crippen molar-refractivity contribution in [2.24, 2.45) is 0 Å². The number of sulfonamides is 1. The van der Waals surface area contributed by atoms with Crippen LogP contribution in [0.3, 0.4) is 0 Å². The number of carbonyl (C=O) groups is 1. The Morgan fingerprint density at radius 2 is 1.64 bits per heavy atom. The van der Waals surface area contributed by atoms with Gasteiger partial charge in [-0.25, -0.2) is 13.1 Å². The lowest BCUT2D eigenvalue weighted by Gasteiger charge is -2.14. The molecule has 0 aliphatic rings. The van der Waals surface area contributed by atoms with Crippen LogP contribution >= 0.6 is 0 Å². The summed E-state index contributed by atoms with van der Waals surface area (Å²) in [6, 6.07) is 11.8. The maximum Gasteiger partial charge on any atom is 0.251 e. The van der Waals surface area contributed by atoms with Gasteiger partial charge in [-0.2, -0.15) is 0 Å². The van der Waals surface area contributed by atoms with E-state index >= 15 is 0 Å². The Kier molecular flexibility index (Phi) is 7.42.